The van der Waals surface area contributed by atoms with Crippen LogP contribution in [0.25, 0.3) is 10.9 Å². The normalized spacial score (nSPS) is 20.4. The number of hydrogen-bond donors (Lipinski definition) is 1. The molecule has 0 unspecified atom stereocenters. The number of pyridine rings is 1. The van der Waals surface area contributed by atoms with Gasteiger partial charge >= 0.3 is 0 Å². The highest BCUT2D eigenvalue weighted by molar-refractivity contribution is 6.30. The van der Waals surface area contributed by atoms with Crippen LogP contribution < -0.4 is 5.32 Å². The van der Waals surface area contributed by atoms with E-state index >= 15 is 0 Å². The average Bonchev–Trinajstić information content (AvgIpc) is 2.42. The van der Waals surface area contributed by atoms with E-state index in [0.29, 0.717) is 11.2 Å². The minimum absolute atomic E-state index is 0.536. The number of rotatable bonds is 2. The summed E-state index contributed by atoms with van der Waals surface area (Å²) in [7, 11) is 0. The van der Waals surface area contributed by atoms with E-state index in [2.05, 4.69) is 53.3 Å². The fourth-order valence-corrected chi connectivity index (χ4v) is 2.95. The first-order valence-corrected chi connectivity index (χ1v) is 7.52. The van der Waals surface area contributed by atoms with Crippen LogP contribution >= 0.6 is 11.6 Å². The molecule has 1 atom stereocenters. The first-order chi connectivity index (χ1) is 9.63. The van der Waals surface area contributed by atoms with E-state index in [9.17, 15) is 0 Å². The van der Waals surface area contributed by atoms with Crippen LogP contribution in [0.3, 0.4) is 0 Å². The predicted octanol–water partition coefficient (Wildman–Crippen LogP) is 2.99. The summed E-state index contributed by atoms with van der Waals surface area (Å²) in [5, 5.41) is 5.21. The van der Waals surface area contributed by atoms with Gasteiger partial charge in [-0.2, -0.15) is 0 Å². The molecular weight excluding hydrogens is 270 g/mol. The molecule has 0 saturated carbocycles. The predicted molar refractivity (Wildman–Crippen MR) is 84.2 cm³/mol. The molecule has 0 aliphatic carbocycles. The highest BCUT2D eigenvalue weighted by atomic mass is 35.5. The maximum Gasteiger partial charge on any atom is 0.134 e. The maximum absolute atomic E-state index is 6.37. The summed E-state index contributed by atoms with van der Waals surface area (Å²) in [4.78, 5) is 7.01. The van der Waals surface area contributed by atoms with Gasteiger partial charge in [0.2, 0.25) is 0 Å². The molecular formula is C16H20ClN3. The average molecular weight is 290 g/mol. The molecule has 4 heteroatoms. The molecule has 1 fully saturated rings. The quantitative estimate of drug-likeness (QED) is 0.862. The minimum atomic E-state index is 0.536. The Kier molecular flexibility index (Phi) is 3.92. The Morgan fingerprint density at radius 3 is 3.05 bits per heavy atom. The first-order valence-electron chi connectivity index (χ1n) is 7.14. The van der Waals surface area contributed by atoms with E-state index < -0.39 is 0 Å². The van der Waals surface area contributed by atoms with Crippen LogP contribution in [0.15, 0.2) is 24.3 Å². The Morgan fingerprint density at radius 1 is 1.40 bits per heavy atom. The smallest absolute Gasteiger partial charge is 0.134 e. The molecule has 1 N–H and O–H groups in total. The Bertz CT molecular complexity index is 626. The van der Waals surface area contributed by atoms with Crippen LogP contribution in [-0.2, 0) is 6.54 Å². The van der Waals surface area contributed by atoms with Crippen LogP contribution in [0.4, 0.5) is 0 Å². The highest BCUT2D eigenvalue weighted by Crippen LogP contribution is 2.23. The molecule has 0 bridgehead atoms. The number of nitrogens with zero attached hydrogens (tertiary/aromatic N) is 2. The second-order valence-electron chi connectivity index (χ2n) is 5.66. The van der Waals surface area contributed by atoms with E-state index in [1.165, 1.54) is 5.56 Å². The van der Waals surface area contributed by atoms with E-state index in [-0.39, 0.29) is 0 Å². The van der Waals surface area contributed by atoms with Crippen LogP contribution in [0, 0.1) is 6.92 Å². The van der Waals surface area contributed by atoms with Crippen molar-refractivity contribution in [3.8, 4) is 0 Å². The summed E-state index contributed by atoms with van der Waals surface area (Å²) in [6.07, 6.45) is 0. The molecule has 1 saturated heterocycles. The highest BCUT2D eigenvalue weighted by Gasteiger charge is 2.19. The van der Waals surface area contributed by atoms with Crippen molar-refractivity contribution in [2.75, 3.05) is 19.6 Å². The van der Waals surface area contributed by atoms with E-state index in [1.54, 1.807) is 0 Å². The van der Waals surface area contributed by atoms with Crippen molar-refractivity contribution in [1.82, 2.24) is 15.2 Å². The summed E-state index contributed by atoms with van der Waals surface area (Å²) in [6.45, 7) is 8.34. The van der Waals surface area contributed by atoms with Gasteiger partial charge in [-0.15, -0.1) is 0 Å². The largest absolute Gasteiger partial charge is 0.314 e. The number of benzene rings is 1. The van der Waals surface area contributed by atoms with E-state index in [0.717, 1.165) is 42.6 Å². The van der Waals surface area contributed by atoms with Gasteiger partial charge in [0.1, 0.15) is 5.15 Å². The lowest BCUT2D eigenvalue weighted by Gasteiger charge is -2.34. The SMILES string of the molecule is Cc1ccc2cc(CN3CCNC[C@H]3C)c(Cl)nc2c1. The van der Waals surface area contributed by atoms with E-state index in [1.807, 2.05) is 0 Å². The van der Waals surface area contributed by atoms with Gasteiger partial charge in [0, 0.05) is 43.2 Å². The number of halogens is 1. The van der Waals surface area contributed by atoms with Crippen LogP contribution in [0.2, 0.25) is 5.15 Å². The summed E-state index contributed by atoms with van der Waals surface area (Å²) < 4.78 is 0. The molecule has 1 aromatic carbocycles. The topological polar surface area (TPSA) is 28.2 Å². The fourth-order valence-electron chi connectivity index (χ4n) is 2.75. The van der Waals surface area contributed by atoms with Crippen LogP contribution in [0.1, 0.15) is 18.1 Å². The lowest BCUT2D eigenvalue weighted by atomic mass is 10.1. The van der Waals surface area contributed by atoms with Crippen LogP contribution in [0.5, 0.6) is 0 Å². The third kappa shape index (κ3) is 2.80. The molecule has 1 aromatic heterocycles. The van der Waals surface area contributed by atoms with Crippen molar-refractivity contribution in [3.63, 3.8) is 0 Å². The van der Waals surface area contributed by atoms with Gasteiger partial charge in [0.05, 0.1) is 5.52 Å². The first kappa shape index (κ1) is 13.8. The summed E-state index contributed by atoms with van der Waals surface area (Å²) in [5.41, 5.74) is 3.31. The van der Waals surface area contributed by atoms with Crippen molar-refractivity contribution >= 4 is 22.5 Å². The second kappa shape index (κ2) is 5.68. The van der Waals surface area contributed by atoms with Gasteiger partial charge in [-0.05, 0) is 31.5 Å². The third-order valence-corrected chi connectivity index (χ3v) is 4.34. The molecule has 0 spiro atoms. The lowest BCUT2D eigenvalue weighted by molar-refractivity contribution is 0.165. The maximum atomic E-state index is 6.37. The van der Waals surface area contributed by atoms with Gasteiger partial charge < -0.3 is 5.32 Å². The van der Waals surface area contributed by atoms with Crippen molar-refractivity contribution < 1.29 is 0 Å². The molecule has 106 valence electrons. The summed E-state index contributed by atoms with van der Waals surface area (Å²) >= 11 is 6.37. The molecule has 2 aromatic rings. The van der Waals surface area contributed by atoms with Crippen LogP contribution in [-0.4, -0.2) is 35.6 Å². The molecule has 0 radical (unpaired) electrons. The number of aromatic nitrogens is 1. The zero-order valence-electron chi connectivity index (χ0n) is 12.0. The zero-order valence-corrected chi connectivity index (χ0v) is 12.7. The lowest BCUT2D eigenvalue weighted by Crippen LogP contribution is -2.49. The molecule has 0 amide bonds. The second-order valence-corrected chi connectivity index (χ2v) is 6.02. The molecule has 2 heterocycles. The van der Waals surface area contributed by atoms with E-state index in [4.69, 9.17) is 11.6 Å². The summed E-state index contributed by atoms with van der Waals surface area (Å²) in [6, 6.07) is 9.04. The molecule has 1 aliphatic heterocycles. The Balaban J connectivity index is 1.91. The standard InChI is InChI=1S/C16H20ClN3/c1-11-3-4-13-8-14(16(17)19-15(13)7-11)10-20-6-5-18-9-12(20)2/h3-4,7-8,12,18H,5-6,9-10H2,1-2H3/t12-/m1/s1. The van der Waals surface area contributed by atoms with Crippen molar-refractivity contribution in [3.05, 3.63) is 40.5 Å². The van der Waals surface area contributed by atoms with Gasteiger partial charge in [0.25, 0.3) is 0 Å². The Hall–Kier alpha value is -1.16. The van der Waals surface area contributed by atoms with Gasteiger partial charge in [-0.3, -0.25) is 4.90 Å². The monoisotopic (exact) mass is 289 g/mol. The third-order valence-electron chi connectivity index (χ3n) is 4.01. The molecule has 3 nitrogen and oxygen atoms in total. The van der Waals surface area contributed by atoms with Gasteiger partial charge in [-0.1, -0.05) is 23.7 Å². The van der Waals surface area contributed by atoms with Crippen molar-refractivity contribution in [2.45, 2.75) is 26.4 Å². The molecule has 3 rings (SSSR count). The van der Waals surface area contributed by atoms with Crippen molar-refractivity contribution in [1.29, 1.82) is 0 Å². The Morgan fingerprint density at radius 2 is 2.25 bits per heavy atom. The minimum Gasteiger partial charge on any atom is -0.314 e. The zero-order chi connectivity index (χ0) is 14.1. The number of aryl methyl sites for hydroxylation is 1. The molecule has 20 heavy (non-hydrogen) atoms. The van der Waals surface area contributed by atoms with Crippen molar-refractivity contribution in [2.24, 2.45) is 0 Å². The van der Waals surface area contributed by atoms with Gasteiger partial charge in [-0.25, -0.2) is 4.98 Å². The number of piperazine rings is 1. The number of hydrogen-bond acceptors (Lipinski definition) is 3. The summed E-state index contributed by atoms with van der Waals surface area (Å²) in [5.74, 6) is 0. The fraction of sp³-hybridized carbons (Fsp3) is 0.438. The molecule has 1 aliphatic rings. The number of fused-ring (bicyclic) bond motifs is 1. The number of nitrogens with one attached hydrogen (secondary N) is 1. The van der Waals surface area contributed by atoms with Gasteiger partial charge in [0.15, 0.2) is 0 Å². The Labute approximate surface area is 124 Å².